The van der Waals surface area contributed by atoms with Crippen molar-refractivity contribution in [3.8, 4) is 17.1 Å². The van der Waals surface area contributed by atoms with Gasteiger partial charge in [0.25, 0.3) is 0 Å². The number of aromatic amines is 1. The Hall–Kier alpha value is -1.78. The number of nitrogens with zero attached hydrogens (tertiary/aromatic N) is 2. The highest BCUT2D eigenvalue weighted by Crippen LogP contribution is 2.22. The van der Waals surface area contributed by atoms with Gasteiger partial charge in [-0.1, -0.05) is 0 Å². The Bertz CT molecular complexity index is 619. The maximum Gasteiger partial charge on any atom is 0.138 e. The number of nitrogens with one attached hydrogen (secondary N) is 1. The van der Waals surface area contributed by atoms with Crippen LogP contribution in [0, 0.1) is 0 Å². The summed E-state index contributed by atoms with van der Waals surface area (Å²) in [6.07, 6.45) is 3.51. The van der Waals surface area contributed by atoms with Crippen molar-refractivity contribution < 1.29 is 4.74 Å². The second-order valence-corrected chi connectivity index (χ2v) is 3.71. The van der Waals surface area contributed by atoms with E-state index in [1.807, 2.05) is 30.3 Å². The predicted octanol–water partition coefficient (Wildman–Crippen LogP) is 3.48. The molecule has 3 aromatic rings. The fourth-order valence-electron chi connectivity index (χ4n) is 1.74. The van der Waals surface area contributed by atoms with E-state index in [1.54, 1.807) is 19.5 Å². The van der Waals surface area contributed by atoms with E-state index in [0.717, 1.165) is 28.2 Å². The molecule has 0 saturated heterocycles. The molecule has 2 aromatic heterocycles. The second-order valence-electron chi connectivity index (χ2n) is 3.71. The van der Waals surface area contributed by atoms with Crippen molar-refractivity contribution in [1.82, 2.24) is 15.0 Å². The molecule has 1 aromatic carbocycles. The third kappa shape index (κ3) is 2.97. The quantitative estimate of drug-likeness (QED) is 0.788. The summed E-state index contributed by atoms with van der Waals surface area (Å²) >= 11 is 0. The van der Waals surface area contributed by atoms with Crippen molar-refractivity contribution in [3.63, 3.8) is 0 Å². The summed E-state index contributed by atoms with van der Waals surface area (Å²) in [5.41, 5.74) is 2.89. The molecule has 0 saturated carbocycles. The molecule has 0 atom stereocenters. The Morgan fingerprint density at radius 1 is 1.05 bits per heavy atom. The molecule has 0 bridgehead atoms. The van der Waals surface area contributed by atoms with Gasteiger partial charge in [0.15, 0.2) is 0 Å². The lowest BCUT2D eigenvalue weighted by atomic mass is 10.2. The van der Waals surface area contributed by atoms with Crippen LogP contribution in [0.4, 0.5) is 0 Å². The number of rotatable bonds is 2. The first-order valence-corrected chi connectivity index (χ1v) is 5.31. The Labute approximate surface area is 123 Å². The highest BCUT2D eigenvalue weighted by atomic mass is 35.5. The fraction of sp³-hybridized carbons (Fsp3) is 0.0769. The lowest BCUT2D eigenvalue weighted by Gasteiger charge is -2.00. The van der Waals surface area contributed by atoms with Crippen molar-refractivity contribution in [1.29, 1.82) is 0 Å². The molecule has 3 rings (SSSR count). The molecule has 0 fully saturated rings. The van der Waals surface area contributed by atoms with Crippen LogP contribution in [0.2, 0.25) is 0 Å². The topological polar surface area (TPSA) is 50.8 Å². The van der Waals surface area contributed by atoms with Crippen molar-refractivity contribution >= 4 is 35.8 Å². The summed E-state index contributed by atoms with van der Waals surface area (Å²) < 4.78 is 5.12. The molecule has 6 heteroatoms. The van der Waals surface area contributed by atoms with Gasteiger partial charge in [-0.3, -0.25) is 4.98 Å². The van der Waals surface area contributed by atoms with Gasteiger partial charge in [-0.05, 0) is 30.3 Å². The van der Waals surface area contributed by atoms with Crippen LogP contribution in [0.3, 0.4) is 0 Å². The highest BCUT2D eigenvalue weighted by Gasteiger charge is 2.04. The summed E-state index contributed by atoms with van der Waals surface area (Å²) in [6.45, 7) is 0. The molecule has 4 nitrogen and oxygen atoms in total. The third-order valence-corrected chi connectivity index (χ3v) is 2.65. The first-order chi connectivity index (χ1) is 8.36. The maximum absolute atomic E-state index is 5.12. The molecule has 100 valence electrons. The van der Waals surface area contributed by atoms with Crippen molar-refractivity contribution in [3.05, 3.63) is 42.7 Å². The molecule has 0 spiro atoms. The number of pyridine rings is 1. The first-order valence-electron chi connectivity index (χ1n) is 5.31. The van der Waals surface area contributed by atoms with Gasteiger partial charge in [-0.15, -0.1) is 24.8 Å². The number of ether oxygens (including phenoxy) is 1. The smallest absolute Gasteiger partial charge is 0.138 e. The lowest BCUT2D eigenvalue weighted by Crippen LogP contribution is -1.83. The van der Waals surface area contributed by atoms with Gasteiger partial charge in [0.05, 0.1) is 24.3 Å². The van der Waals surface area contributed by atoms with E-state index in [4.69, 9.17) is 4.74 Å². The van der Waals surface area contributed by atoms with Crippen LogP contribution in [-0.4, -0.2) is 22.1 Å². The molecule has 0 amide bonds. The predicted molar refractivity (Wildman–Crippen MR) is 80.4 cm³/mol. The zero-order chi connectivity index (χ0) is 11.7. The number of halogens is 2. The zero-order valence-electron chi connectivity index (χ0n) is 10.2. The van der Waals surface area contributed by atoms with Crippen molar-refractivity contribution in [2.75, 3.05) is 7.11 Å². The van der Waals surface area contributed by atoms with Crippen LogP contribution in [0.5, 0.6) is 5.75 Å². The Kier molecular flexibility index (Phi) is 5.15. The van der Waals surface area contributed by atoms with Crippen LogP contribution < -0.4 is 4.74 Å². The molecule has 0 aliphatic heterocycles. The molecular formula is C13H13Cl2N3O. The van der Waals surface area contributed by atoms with Crippen LogP contribution in [0.25, 0.3) is 22.4 Å². The normalized spacial score (nSPS) is 9.53. The Morgan fingerprint density at radius 3 is 2.42 bits per heavy atom. The van der Waals surface area contributed by atoms with Gasteiger partial charge >= 0.3 is 0 Å². The first kappa shape index (κ1) is 15.3. The van der Waals surface area contributed by atoms with Gasteiger partial charge in [0, 0.05) is 11.8 Å². The molecule has 0 aliphatic rings. The number of imidazole rings is 1. The van der Waals surface area contributed by atoms with E-state index < -0.39 is 0 Å². The average Bonchev–Trinajstić information content (AvgIpc) is 2.82. The monoisotopic (exact) mass is 297 g/mol. The number of H-pyrrole nitrogens is 1. The highest BCUT2D eigenvalue weighted by molar-refractivity contribution is 5.85. The molecule has 19 heavy (non-hydrogen) atoms. The van der Waals surface area contributed by atoms with Gasteiger partial charge < -0.3 is 9.72 Å². The minimum atomic E-state index is 0. The van der Waals surface area contributed by atoms with Gasteiger partial charge in [0.1, 0.15) is 11.6 Å². The van der Waals surface area contributed by atoms with Gasteiger partial charge in [0.2, 0.25) is 0 Å². The molecule has 0 radical (unpaired) electrons. The van der Waals surface area contributed by atoms with E-state index in [9.17, 15) is 0 Å². The summed E-state index contributed by atoms with van der Waals surface area (Å²) in [4.78, 5) is 11.8. The number of hydrogen-bond donors (Lipinski definition) is 1. The standard InChI is InChI=1S/C13H11N3O.2ClH/c1-17-10-4-2-9(3-5-10)13-15-11-6-7-14-8-12(11)16-13;;/h2-8H,1H3,(H,15,16);2*1H. The summed E-state index contributed by atoms with van der Waals surface area (Å²) in [7, 11) is 1.65. The molecule has 2 heterocycles. The van der Waals surface area contributed by atoms with Crippen LogP contribution in [0.1, 0.15) is 0 Å². The van der Waals surface area contributed by atoms with Crippen molar-refractivity contribution in [2.24, 2.45) is 0 Å². The largest absolute Gasteiger partial charge is 0.497 e. The van der Waals surface area contributed by atoms with Crippen LogP contribution >= 0.6 is 24.8 Å². The fourth-order valence-corrected chi connectivity index (χ4v) is 1.74. The van der Waals surface area contributed by atoms with E-state index in [2.05, 4.69) is 15.0 Å². The Morgan fingerprint density at radius 2 is 1.79 bits per heavy atom. The summed E-state index contributed by atoms with van der Waals surface area (Å²) in [5.74, 6) is 1.68. The van der Waals surface area contributed by atoms with E-state index in [-0.39, 0.29) is 24.8 Å². The number of fused-ring (bicyclic) bond motifs is 1. The molecule has 1 N–H and O–H groups in total. The molecule has 0 unspecified atom stereocenters. The second kappa shape index (κ2) is 6.41. The summed E-state index contributed by atoms with van der Waals surface area (Å²) in [6, 6.07) is 9.67. The molecular weight excluding hydrogens is 285 g/mol. The number of aromatic nitrogens is 3. The minimum Gasteiger partial charge on any atom is -0.497 e. The maximum atomic E-state index is 5.12. The molecule has 0 aliphatic carbocycles. The zero-order valence-corrected chi connectivity index (χ0v) is 11.8. The van der Waals surface area contributed by atoms with Crippen LogP contribution in [-0.2, 0) is 0 Å². The van der Waals surface area contributed by atoms with E-state index >= 15 is 0 Å². The lowest BCUT2D eigenvalue weighted by molar-refractivity contribution is 0.415. The van der Waals surface area contributed by atoms with E-state index in [1.165, 1.54) is 0 Å². The average molecular weight is 298 g/mol. The number of benzene rings is 1. The SMILES string of the molecule is COc1ccc(-c2nc3ccncc3[nH]2)cc1.Cl.Cl. The van der Waals surface area contributed by atoms with Crippen molar-refractivity contribution in [2.45, 2.75) is 0 Å². The van der Waals surface area contributed by atoms with Crippen LogP contribution in [0.15, 0.2) is 42.7 Å². The number of hydrogen-bond acceptors (Lipinski definition) is 3. The summed E-state index contributed by atoms with van der Waals surface area (Å²) in [5, 5.41) is 0. The number of methoxy groups -OCH3 is 1. The van der Waals surface area contributed by atoms with E-state index in [0.29, 0.717) is 0 Å². The van der Waals surface area contributed by atoms with Gasteiger partial charge in [-0.2, -0.15) is 0 Å². The van der Waals surface area contributed by atoms with Gasteiger partial charge in [-0.25, -0.2) is 4.98 Å². The minimum absolute atomic E-state index is 0. The Balaban J connectivity index is 0.000000902. The third-order valence-electron chi connectivity index (χ3n) is 2.65.